The number of unbranched alkanes of at least 4 members (excludes halogenated alkanes) is 1. The molecule has 0 spiro atoms. The Kier molecular flexibility index (Phi) is 4.02. The van der Waals surface area contributed by atoms with Crippen molar-refractivity contribution in [1.82, 2.24) is 9.55 Å². The van der Waals surface area contributed by atoms with Crippen LogP contribution in [0, 0.1) is 5.82 Å². The van der Waals surface area contributed by atoms with Gasteiger partial charge in [0, 0.05) is 18.0 Å². The zero-order valence-corrected chi connectivity index (χ0v) is 13.7. The van der Waals surface area contributed by atoms with Gasteiger partial charge in [0.15, 0.2) is 0 Å². The van der Waals surface area contributed by atoms with Crippen molar-refractivity contribution >= 4 is 21.7 Å². The van der Waals surface area contributed by atoms with Gasteiger partial charge in [0.1, 0.15) is 23.2 Å². The zero-order valence-electron chi connectivity index (χ0n) is 12.1. The molecule has 2 N–H and O–H groups in total. The van der Waals surface area contributed by atoms with Crippen molar-refractivity contribution in [3.63, 3.8) is 0 Å². The Morgan fingerprint density at radius 1 is 1.43 bits per heavy atom. The summed E-state index contributed by atoms with van der Waals surface area (Å²) < 4.78 is 16.3. The maximum absolute atomic E-state index is 13.8. The SMILES string of the molecule is CCCCn1c(C2CC2)nc(-c2ccc(Br)c(F)c2)c1N. The fraction of sp³-hybridized carbons (Fsp3) is 0.438. The summed E-state index contributed by atoms with van der Waals surface area (Å²) in [5.74, 6) is 1.97. The first-order valence-electron chi connectivity index (χ1n) is 7.43. The minimum Gasteiger partial charge on any atom is -0.383 e. The van der Waals surface area contributed by atoms with Crippen LogP contribution in [0.3, 0.4) is 0 Å². The Balaban J connectivity index is 2.03. The van der Waals surface area contributed by atoms with Crippen LogP contribution >= 0.6 is 15.9 Å². The third kappa shape index (κ3) is 2.84. The molecule has 0 radical (unpaired) electrons. The van der Waals surface area contributed by atoms with E-state index in [4.69, 9.17) is 10.7 Å². The van der Waals surface area contributed by atoms with E-state index in [2.05, 4.69) is 27.4 Å². The standard InChI is InChI=1S/C16H19BrFN3/c1-2-3-8-21-15(19)14(20-16(21)10-4-5-10)11-6-7-12(17)13(18)9-11/h6-7,9-10H,2-5,8,19H2,1H3. The predicted octanol–water partition coefficient (Wildman–Crippen LogP) is 4.71. The monoisotopic (exact) mass is 351 g/mol. The van der Waals surface area contributed by atoms with E-state index in [9.17, 15) is 4.39 Å². The molecule has 0 amide bonds. The van der Waals surface area contributed by atoms with Crippen molar-refractivity contribution in [1.29, 1.82) is 0 Å². The van der Waals surface area contributed by atoms with Crippen LogP contribution in [0.2, 0.25) is 0 Å². The summed E-state index contributed by atoms with van der Waals surface area (Å²) in [6, 6.07) is 5.04. The number of hydrogen-bond donors (Lipinski definition) is 1. The van der Waals surface area contributed by atoms with Gasteiger partial charge in [0.2, 0.25) is 0 Å². The second-order valence-corrected chi connectivity index (χ2v) is 6.47. The van der Waals surface area contributed by atoms with Crippen LogP contribution in [0.1, 0.15) is 44.3 Å². The highest BCUT2D eigenvalue weighted by molar-refractivity contribution is 9.10. The van der Waals surface area contributed by atoms with Gasteiger partial charge in [-0.25, -0.2) is 9.37 Å². The van der Waals surface area contributed by atoms with Crippen LogP contribution in [-0.4, -0.2) is 9.55 Å². The molecule has 0 unspecified atom stereocenters. The summed E-state index contributed by atoms with van der Waals surface area (Å²) in [4.78, 5) is 4.72. The lowest BCUT2D eigenvalue weighted by Gasteiger charge is -2.08. The van der Waals surface area contributed by atoms with Gasteiger partial charge in [-0.1, -0.05) is 19.4 Å². The third-order valence-electron chi connectivity index (χ3n) is 3.91. The fourth-order valence-corrected chi connectivity index (χ4v) is 2.79. The van der Waals surface area contributed by atoms with Crippen molar-refractivity contribution in [2.75, 3.05) is 5.73 Å². The summed E-state index contributed by atoms with van der Waals surface area (Å²) in [5, 5.41) is 0. The second kappa shape index (κ2) is 5.79. The van der Waals surface area contributed by atoms with Crippen LogP contribution < -0.4 is 5.73 Å². The Bertz CT molecular complexity index is 662. The molecule has 1 aliphatic carbocycles. The molecule has 5 heteroatoms. The third-order valence-corrected chi connectivity index (χ3v) is 4.55. The normalized spacial score (nSPS) is 14.6. The summed E-state index contributed by atoms with van der Waals surface area (Å²) in [7, 11) is 0. The van der Waals surface area contributed by atoms with Gasteiger partial charge in [-0.05, 0) is 47.3 Å². The molecule has 112 valence electrons. The summed E-state index contributed by atoms with van der Waals surface area (Å²) in [6.07, 6.45) is 4.55. The Morgan fingerprint density at radius 2 is 2.19 bits per heavy atom. The van der Waals surface area contributed by atoms with Gasteiger partial charge in [-0.3, -0.25) is 0 Å². The van der Waals surface area contributed by atoms with Crippen molar-refractivity contribution in [3.05, 3.63) is 34.3 Å². The molecule has 1 fully saturated rings. The average molecular weight is 352 g/mol. The zero-order chi connectivity index (χ0) is 15.0. The van der Waals surface area contributed by atoms with Gasteiger partial charge in [0.05, 0.1) is 4.47 Å². The lowest BCUT2D eigenvalue weighted by molar-refractivity contribution is 0.609. The molecule has 3 rings (SSSR count). The topological polar surface area (TPSA) is 43.8 Å². The first-order chi connectivity index (χ1) is 10.1. The van der Waals surface area contributed by atoms with Gasteiger partial charge in [-0.15, -0.1) is 0 Å². The average Bonchev–Trinajstić information content (AvgIpc) is 3.25. The van der Waals surface area contributed by atoms with Crippen molar-refractivity contribution in [2.45, 2.75) is 45.1 Å². The first-order valence-corrected chi connectivity index (χ1v) is 8.22. The number of nitrogens with zero attached hydrogens (tertiary/aromatic N) is 2. The van der Waals surface area contributed by atoms with E-state index in [-0.39, 0.29) is 5.82 Å². The van der Waals surface area contributed by atoms with Crippen LogP contribution in [0.5, 0.6) is 0 Å². The highest BCUT2D eigenvalue weighted by atomic mass is 79.9. The molecule has 0 aliphatic heterocycles. The van der Waals surface area contributed by atoms with E-state index in [1.165, 1.54) is 18.9 Å². The van der Waals surface area contributed by atoms with E-state index in [1.54, 1.807) is 6.07 Å². The van der Waals surface area contributed by atoms with E-state index in [0.717, 1.165) is 30.8 Å². The summed E-state index contributed by atoms with van der Waals surface area (Å²) in [6.45, 7) is 3.05. The molecule has 0 atom stereocenters. The number of nitrogen functional groups attached to an aromatic ring is 1. The maximum Gasteiger partial charge on any atom is 0.138 e. The molecule has 1 heterocycles. The number of hydrogen-bond acceptors (Lipinski definition) is 2. The van der Waals surface area contributed by atoms with Gasteiger partial charge >= 0.3 is 0 Å². The molecule has 1 saturated carbocycles. The second-order valence-electron chi connectivity index (χ2n) is 5.61. The molecule has 1 aromatic carbocycles. The van der Waals surface area contributed by atoms with Crippen LogP contribution in [-0.2, 0) is 6.54 Å². The van der Waals surface area contributed by atoms with Crippen molar-refractivity contribution < 1.29 is 4.39 Å². The molecule has 0 saturated heterocycles. The quantitative estimate of drug-likeness (QED) is 0.847. The molecular weight excluding hydrogens is 333 g/mol. The molecule has 3 nitrogen and oxygen atoms in total. The van der Waals surface area contributed by atoms with Crippen LogP contribution in [0.25, 0.3) is 11.3 Å². The van der Waals surface area contributed by atoms with E-state index in [1.807, 2.05) is 6.07 Å². The minimum atomic E-state index is -0.289. The number of halogens is 2. The number of nitrogens with two attached hydrogens (primary N) is 1. The highest BCUT2D eigenvalue weighted by Gasteiger charge is 2.30. The van der Waals surface area contributed by atoms with Crippen molar-refractivity contribution in [3.8, 4) is 11.3 Å². The number of anilines is 1. The Labute approximate surface area is 132 Å². The molecule has 0 bridgehead atoms. The molecular formula is C16H19BrFN3. The van der Waals surface area contributed by atoms with Gasteiger partial charge in [-0.2, -0.15) is 0 Å². The fourth-order valence-electron chi connectivity index (χ4n) is 2.54. The minimum absolute atomic E-state index is 0.289. The number of imidazole rings is 1. The molecule has 1 aromatic heterocycles. The molecule has 1 aliphatic rings. The Morgan fingerprint density at radius 3 is 2.81 bits per heavy atom. The number of rotatable bonds is 5. The number of aromatic nitrogens is 2. The van der Waals surface area contributed by atoms with Crippen LogP contribution in [0.15, 0.2) is 22.7 Å². The summed E-state index contributed by atoms with van der Waals surface area (Å²) in [5.41, 5.74) is 7.75. The van der Waals surface area contributed by atoms with Gasteiger partial charge < -0.3 is 10.3 Å². The predicted molar refractivity (Wildman–Crippen MR) is 86.6 cm³/mol. The smallest absolute Gasteiger partial charge is 0.138 e. The molecule has 2 aromatic rings. The summed E-state index contributed by atoms with van der Waals surface area (Å²) >= 11 is 3.18. The first kappa shape index (κ1) is 14.6. The Hall–Kier alpha value is -1.36. The number of benzene rings is 1. The van der Waals surface area contributed by atoms with Crippen LogP contribution in [0.4, 0.5) is 10.2 Å². The lowest BCUT2D eigenvalue weighted by atomic mass is 10.1. The highest BCUT2D eigenvalue weighted by Crippen LogP contribution is 2.42. The lowest BCUT2D eigenvalue weighted by Crippen LogP contribution is -2.06. The van der Waals surface area contributed by atoms with Gasteiger partial charge in [0.25, 0.3) is 0 Å². The van der Waals surface area contributed by atoms with E-state index < -0.39 is 0 Å². The van der Waals surface area contributed by atoms with E-state index in [0.29, 0.717) is 21.9 Å². The largest absolute Gasteiger partial charge is 0.383 e. The van der Waals surface area contributed by atoms with Crippen molar-refractivity contribution in [2.24, 2.45) is 0 Å². The molecule has 21 heavy (non-hydrogen) atoms. The maximum atomic E-state index is 13.8. The van der Waals surface area contributed by atoms with E-state index >= 15 is 0 Å².